The van der Waals surface area contributed by atoms with Crippen molar-refractivity contribution in [3.05, 3.63) is 34.1 Å². The molecule has 1 amide bonds. The summed E-state index contributed by atoms with van der Waals surface area (Å²) in [6, 6.07) is 4.24. The Labute approximate surface area is 120 Å². The van der Waals surface area contributed by atoms with E-state index in [-0.39, 0.29) is 24.4 Å². The first kappa shape index (κ1) is 15.4. The monoisotopic (exact) mass is 336 g/mol. The molecule has 1 aromatic carbocycles. The smallest absolute Gasteiger partial charge is 0.252 e. The van der Waals surface area contributed by atoms with E-state index in [0.717, 1.165) is 25.9 Å². The van der Waals surface area contributed by atoms with Gasteiger partial charge in [0, 0.05) is 17.1 Å². The Morgan fingerprint density at radius 1 is 1.50 bits per heavy atom. The van der Waals surface area contributed by atoms with Crippen LogP contribution >= 0.6 is 28.3 Å². The van der Waals surface area contributed by atoms with Crippen LogP contribution in [-0.2, 0) is 0 Å². The molecule has 1 atom stereocenters. The van der Waals surface area contributed by atoms with Crippen LogP contribution in [-0.4, -0.2) is 25.0 Å². The summed E-state index contributed by atoms with van der Waals surface area (Å²) in [6.07, 6.45) is 2.01. The molecule has 1 heterocycles. The Morgan fingerprint density at radius 3 is 2.94 bits per heavy atom. The molecule has 0 aliphatic carbocycles. The van der Waals surface area contributed by atoms with Crippen LogP contribution < -0.4 is 10.6 Å². The summed E-state index contributed by atoms with van der Waals surface area (Å²) in [7, 11) is 0. The quantitative estimate of drug-likeness (QED) is 0.870. The van der Waals surface area contributed by atoms with E-state index >= 15 is 0 Å². The number of piperidine rings is 1. The van der Waals surface area contributed by atoms with Crippen molar-refractivity contribution in [1.82, 2.24) is 10.6 Å². The molecule has 2 N–H and O–H groups in total. The first-order chi connectivity index (χ1) is 8.16. The van der Waals surface area contributed by atoms with Gasteiger partial charge in [-0.2, -0.15) is 0 Å². The zero-order valence-corrected chi connectivity index (χ0v) is 12.1. The van der Waals surface area contributed by atoms with Crippen LogP contribution in [0.3, 0.4) is 0 Å². The van der Waals surface area contributed by atoms with Gasteiger partial charge in [0.1, 0.15) is 5.82 Å². The molecule has 0 spiro atoms. The molecular formula is C12H15BrClFN2O. The van der Waals surface area contributed by atoms with Gasteiger partial charge < -0.3 is 10.6 Å². The van der Waals surface area contributed by atoms with E-state index < -0.39 is 5.82 Å². The minimum atomic E-state index is -0.403. The first-order valence-electron chi connectivity index (χ1n) is 5.63. The van der Waals surface area contributed by atoms with Gasteiger partial charge in [0.25, 0.3) is 5.91 Å². The standard InChI is InChI=1S/C12H14BrFN2O.ClH/c13-11-4-3-8(14)6-10(11)12(17)16-9-2-1-5-15-7-9;/h3-4,6,9,15H,1-2,5,7H2,(H,16,17);1H. The van der Waals surface area contributed by atoms with Gasteiger partial charge in [-0.25, -0.2) is 4.39 Å². The normalized spacial score (nSPS) is 18.9. The Kier molecular flexibility index (Phi) is 6.05. The predicted molar refractivity (Wildman–Crippen MR) is 74.7 cm³/mol. The summed E-state index contributed by atoms with van der Waals surface area (Å²) in [5.74, 6) is -0.634. The van der Waals surface area contributed by atoms with Crippen LogP contribution in [0.1, 0.15) is 23.2 Å². The summed E-state index contributed by atoms with van der Waals surface area (Å²) in [5.41, 5.74) is 0.343. The summed E-state index contributed by atoms with van der Waals surface area (Å²) < 4.78 is 13.7. The molecule has 1 aliphatic heterocycles. The molecule has 0 saturated carbocycles. The van der Waals surface area contributed by atoms with Crippen molar-refractivity contribution < 1.29 is 9.18 Å². The van der Waals surface area contributed by atoms with Crippen molar-refractivity contribution in [3.63, 3.8) is 0 Å². The van der Waals surface area contributed by atoms with Crippen molar-refractivity contribution in [1.29, 1.82) is 0 Å². The molecule has 1 fully saturated rings. The summed E-state index contributed by atoms with van der Waals surface area (Å²) >= 11 is 3.25. The fraction of sp³-hybridized carbons (Fsp3) is 0.417. The highest BCUT2D eigenvalue weighted by Crippen LogP contribution is 2.18. The second-order valence-electron chi connectivity index (χ2n) is 4.14. The lowest BCUT2D eigenvalue weighted by Crippen LogP contribution is -2.45. The first-order valence-corrected chi connectivity index (χ1v) is 6.43. The maximum atomic E-state index is 13.1. The summed E-state index contributed by atoms with van der Waals surface area (Å²) in [5, 5.41) is 6.12. The number of nitrogens with one attached hydrogen (secondary N) is 2. The summed E-state index contributed by atoms with van der Waals surface area (Å²) in [4.78, 5) is 12.0. The molecule has 100 valence electrons. The van der Waals surface area contributed by atoms with Gasteiger partial charge in [0.2, 0.25) is 0 Å². The van der Waals surface area contributed by atoms with Crippen molar-refractivity contribution in [3.8, 4) is 0 Å². The average Bonchev–Trinajstić information content (AvgIpc) is 2.33. The zero-order chi connectivity index (χ0) is 12.3. The maximum absolute atomic E-state index is 13.1. The van der Waals surface area contributed by atoms with E-state index in [4.69, 9.17) is 0 Å². The molecule has 1 aromatic rings. The van der Waals surface area contributed by atoms with E-state index in [9.17, 15) is 9.18 Å². The highest BCUT2D eigenvalue weighted by molar-refractivity contribution is 9.10. The molecular weight excluding hydrogens is 322 g/mol. The van der Waals surface area contributed by atoms with Gasteiger partial charge in [-0.1, -0.05) is 0 Å². The van der Waals surface area contributed by atoms with Crippen LogP contribution in [0, 0.1) is 5.82 Å². The van der Waals surface area contributed by atoms with Crippen LogP contribution in [0.5, 0.6) is 0 Å². The lowest BCUT2D eigenvalue weighted by molar-refractivity contribution is 0.0929. The zero-order valence-electron chi connectivity index (χ0n) is 9.71. The second-order valence-corrected chi connectivity index (χ2v) is 5.00. The summed E-state index contributed by atoms with van der Waals surface area (Å²) in [6.45, 7) is 1.77. The molecule has 2 rings (SSSR count). The number of carbonyl (C=O) groups is 1. The Morgan fingerprint density at radius 2 is 2.28 bits per heavy atom. The lowest BCUT2D eigenvalue weighted by Gasteiger charge is -2.24. The van der Waals surface area contributed by atoms with Gasteiger partial charge in [-0.3, -0.25) is 4.79 Å². The van der Waals surface area contributed by atoms with E-state index in [2.05, 4.69) is 26.6 Å². The van der Waals surface area contributed by atoms with Crippen LogP contribution in [0.4, 0.5) is 4.39 Å². The Hall–Kier alpha value is -0.650. The largest absolute Gasteiger partial charge is 0.348 e. The maximum Gasteiger partial charge on any atom is 0.252 e. The van der Waals surface area contributed by atoms with Crippen molar-refractivity contribution in [2.75, 3.05) is 13.1 Å². The van der Waals surface area contributed by atoms with Gasteiger partial charge >= 0.3 is 0 Å². The molecule has 1 saturated heterocycles. The van der Waals surface area contributed by atoms with E-state index in [0.29, 0.717) is 10.0 Å². The molecule has 1 aliphatic rings. The fourth-order valence-electron chi connectivity index (χ4n) is 1.91. The lowest BCUT2D eigenvalue weighted by atomic mass is 10.1. The SMILES string of the molecule is Cl.O=C(NC1CCCNC1)c1cc(F)ccc1Br. The van der Waals surface area contributed by atoms with Crippen molar-refractivity contribution >= 4 is 34.2 Å². The highest BCUT2D eigenvalue weighted by atomic mass is 79.9. The van der Waals surface area contributed by atoms with Crippen molar-refractivity contribution in [2.45, 2.75) is 18.9 Å². The van der Waals surface area contributed by atoms with E-state index in [1.54, 1.807) is 6.07 Å². The fourth-order valence-corrected chi connectivity index (χ4v) is 2.34. The number of halogens is 3. The van der Waals surface area contributed by atoms with Crippen LogP contribution in [0.15, 0.2) is 22.7 Å². The minimum Gasteiger partial charge on any atom is -0.348 e. The third kappa shape index (κ3) is 3.93. The molecule has 1 unspecified atom stereocenters. The van der Waals surface area contributed by atoms with Gasteiger partial charge in [0.15, 0.2) is 0 Å². The molecule has 0 bridgehead atoms. The van der Waals surface area contributed by atoms with Crippen molar-refractivity contribution in [2.24, 2.45) is 0 Å². The Balaban J connectivity index is 0.00000162. The predicted octanol–water partition coefficient (Wildman–Crippen LogP) is 2.49. The third-order valence-electron chi connectivity index (χ3n) is 2.81. The molecule has 0 aromatic heterocycles. The third-order valence-corrected chi connectivity index (χ3v) is 3.50. The topological polar surface area (TPSA) is 41.1 Å². The molecule has 18 heavy (non-hydrogen) atoms. The van der Waals surface area contributed by atoms with Gasteiger partial charge in [0.05, 0.1) is 5.56 Å². The number of carbonyl (C=O) groups excluding carboxylic acids is 1. The number of amides is 1. The van der Waals surface area contributed by atoms with E-state index in [1.807, 2.05) is 0 Å². The van der Waals surface area contributed by atoms with Crippen LogP contribution in [0.2, 0.25) is 0 Å². The number of benzene rings is 1. The molecule has 6 heteroatoms. The van der Waals surface area contributed by atoms with E-state index in [1.165, 1.54) is 12.1 Å². The van der Waals surface area contributed by atoms with Crippen LogP contribution in [0.25, 0.3) is 0 Å². The second kappa shape index (κ2) is 7.07. The highest BCUT2D eigenvalue weighted by Gasteiger charge is 2.18. The van der Waals surface area contributed by atoms with Gasteiger partial charge in [-0.15, -0.1) is 12.4 Å². The van der Waals surface area contributed by atoms with Gasteiger partial charge in [-0.05, 0) is 53.5 Å². The minimum absolute atomic E-state index is 0. The average molecular weight is 338 g/mol. The number of rotatable bonds is 2. The molecule has 0 radical (unpaired) electrons. The number of hydrogen-bond donors (Lipinski definition) is 2. The Bertz CT molecular complexity index is 425. The number of hydrogen-bond acceptors (Lipinski definition) is 2. The molecule has 3 nitrogen and oxygen atoms in total.